The van der Waals surface area contributed by atoms with Crippen molar-refractivity contribution < 1.29 is 0 Å². The maximum Gasteiger partial charge on any atom is 0.164 e. The second-order valence-electron chi connectivity index (χ2n) is 14.8. The summed E-state index contributed by atoms with van der Waals surface area (Å²) in [5, 5.41) is 9.51. The molecule has 270 valence electrons. The minimum Gasteiger partial charge on any atom is -0.208 e. The van der Waals surface area contributed by atoms with Crippen LogP contribution in [0, 0.1) is 0 Å². The third-order valence-corrected chi connectivity index (χ3v) is 11.3. The molecule has 11 rings (SSSR count). The monoisotopic (exact) mass is 737 g/mol. The summed E-state index contributed by atoms with van der Waals surface area (Å²) >= 11 is 0. The fourth-order valence-electron chi connectivity index (χ4n) is 8.43. The molecule has 0 saturated carbocycles. The maximum absolute atomic E-state index is 5.26. The van der Waals surface area contributed by atoms with Crippen molar-refractivity contribution in [3.05, 3.63) is 212 Å². The number of aromatic nitrogens is 3. The van der Waals surface area contributed by atoms with E-state index >= 15 is 0 Å². The van der Waals surface area contributed by atoms with Crippen LogP contribution in [0.3, 0.4) is 0 Å². The van der Waals surface area contributed by atoms with Gasteiger partial charge in [0.2, 0.25) is 0 Å². The molecule has 0 aliphatic heterocycles. The molecule has 58 heavy (non-hydrogen) atoms. The van der Waals surface area contributed by atoms with Crippen molar-refractivity contribution in [3.8, 4) is 67.5 Å². The Morgan fingerprint density at radius 1 is 0.207 bits per heavy atom. The molecular formula is C55H35N3. The molecule has 3 nitrogen and oxygen atoms in total. The maximum atomic E-state index is 5.26. The summed E-state index contributed by atoms with van der Waals surface area (Å²) in [4.78, 5) is 15.7. The number of hydrogen-bond acceptors (Lipinski definition) is 3. The van der Waals surface area contributed by atoms with Gasteiger partial charge < -0.3 is 0 Å². The Morgan fingerprint density at radius 3 is 1.38 bits per heavy atom. The molecule has 0 amide bonds. The lowest BCUT2D eigenvalue weighted by Crippen LogP contribution is -2.01. The van der Waals surface area contributed by atoms with Gasteiger partial charge in [0.25, 0.3) is 0 Å². The summed E-state index contributed by atoms with van der Waals surface area (Å²) in [6.45, 7) is 0. The molecule has 0 N–H and O–H groups in total. The second kappa shape index (κ2) is 14.1. The third-order valence-electron chi connectivity index (χ3n) is 11.3. The zero-order valence-corrected chi connectivity index (χ0v) is 31.5. The number of fused-ring (bicyclic) bond motifs is 4. The van der Waals surface area contributed by atoms with Crippen LogP contribution in [0.4, 0.5) is 0 Å². The first kappa shape index (κ1) is 33.6. The van der Waals surface area contributed by atoms with E-state index in [1.54, 1.807) is 0 Å². The van der Waals surface area contributed by atoms with Gasteiger partial charge in [0.15, 0.2) is 17.5 Å². The van der Waals surface area contributed by atoms with Crippen LogP contribution in [0.1, 0.15) is 0 Å². The van der Waals surface area contributed by atoms with Gasteiger partial charge >= 0.3 is 0 Å². The van der Waals surface area contributed by atoms with Gasteiger partial charge in [-0.1, -0.05) is 194 Å². The lowest BCUT2D eigenvalue weighted by atomic mass is 9.92. The highest BCUT2D eigenvalue weighted by Crippen LogP contribution is 2.39. The standard InChI is InChI=1S/C55H35N3/c1-2-15-41-35-44(31-28-36(41)12-1)54-56-53(43-19-9-18-42(34-43)37-26-29-40(30-27-37)46-24-10-16-38-13-3-5-20-45(38)46)57-55(58-54)52-33-32-51(49-22-7-8-23-50(49)52)48-25-11-17-39-14-4-6-21-47(39)48/h1-35H. The molecule has 0 fully saturated rings. The number of nitrogens with zero attached hydrogens (tertiary/aromatic N) is 3. The molecule has 0 spiro atoms. The lowest BCUT2D eigenvalue weighted by Gasteiger charge is -2.14. The first-order valence-electron chi connectivity index (χ1n) is 19.7. The van der Waals surface area contributed by atoms with Crippen LogP contribution < -0.4 is 0 Å². The highest BCUT2D eigenvalue weighted by Gasteiger charge is 2.18. The van der Waals surface area contributed by atoms with E-state index in [1.165, 1.54) is 49.2 Å². The van der Waals surface area contributed by atoms with E-state index in [-0.39, 0.29) is 0 Å². The van der Waals surface area contributed by atoms with Crippen LogP contribution >= 0.6 is 0 Å². The Labute approximate surface area is 336 Å². The van der Waals surface area contributed by atoms with Gasteiger partial charge in [0, 0.05) is 16.7 Å². The van der Waals surface area contributed by atoms with Crippen molar-refractivity contribution in [2.24, 2.45) is 0 Å². The molecule has 0 atom stereocenters. The quantitative estimate of drug-likeness (QED) is 0.171. The minimum absolute atomic E-state index is 0.629. The average molecular weight is 738 g/mol. The average Bonchev–Trinajstić information content (AvgIpc) is 3.30. The predicted molar refractivity (Wildman–Crippen MR) is 242 cm³/mol. The fraction of sp³-hybridized carbons (Fsp3) is 0. The molecule has 11 aromatic rings. The van der Waals surface area contributed by atoms with Crippen LogP contribution in [0.15, 0.2) is 212 Å². The van der Waals surface area contributed by atoms with Crippen molar-refractivity contribution >= 4 is 43.1 Å². The Morgan fingerprint density at radius 2 is 0.655 bits per heavy atom. The first-order valence-corrected chi connectivity index (χ1v) is 19.7. The summed E-state index contributed by atoms with van der Waals surface area (Å²) < 4.78 is 0. The summed E-state index contributed by atoms with van der Waals surface area (Å²) in [5.74, 6) is 1.90. The van der Waals surface area contributed by atoms with Gasteiger partial charge in [0.1, 0.15) is 0 Å². The Kier molecular flexibility index (Phi) is 8.15. The Hall–Kier alpha value is -7.75. The van der Waals surface area contributed by atoms with E-state index in [4.69, 9.17) is 15.0 Å². The highest BCUT2D eigenvalue weighted by atomic mass is 15.0. The van der Waals surface area contributed by atoms with Gasteiger partial charge in [-0.15, -0.1) is 0 Å². The Balaban J connectivity index is 1.05. The van der Waals surface area contributed by atoms with E-state index in [9.17, 15) is 0 Å². The van der Waals surface area contributed by atoms with Crippen molar-refractivity contribution in [1.29, 1.82) is 0 Å². The summed E-state index contributed by atoms with van der Waals surface area (Å²) in [5.41, 5.74) is 9.87. The molecule has 0 aliphatic carbocycles. The molecule has 0 saturated heterocycles. The van der Waals surface area contributed by atoms with Crippen LogP contribution in [-0.4, -0.2) is 15.0 Å². The third kappa shape index (κ3) is 5.98. The molecule has 0 unspecified atom stereocenters. The number of hydrogen-bond donors (Lipinski definition) is 0. The predicted octanol–water partition coefficient (Wildman–Crippen LogP) is 14.5. The van der Waals surface area contributed by atoms with Gasteiger partial charge in [0.05, 0.1) is 0 Å². The summed E-state index contributed by atoms with van der Waals surface area (Å²) in [6.07, 6.45) is 0. The van der Waals surface area contributed by atoms with Crippen LogP contribution in [-0.2, 0) is 0 Å². The second-order valence-corrected chi connectivity index (χ2v) is 14.8. The van der Waals surface area contributed by atoms with E-state index in [1.807, 2.05) is 0 Å². The zero-order chi connectivity index (χ0) is 38.4. The van der Waals surface area contributed by atoms with Crippen molar-refractivity contribution in [2.45, 2.75) is 0 Å². The van der Waals surface area contributed by atoms with E-state index in [0.29, 0.717) is 17.5 Å². The summed E-state index contributed by atoms with van der Waals surface area (Å²) in [6, 6.07) is 75.4. The number of benzene rings is 10. The van der Waals surface area contributed by atoms with E-state index < -0.39 is 0 Å². The van der Waals surface area contributed by atoms with Gasteiger partial charge in [-0.3, -0.25) is 0 Å². The highest BCUT2D eigenvalue weighted by molar-refractivity contribution is 6.09. The van der Waals surface area contributed by atoms with Gasteiger partial charge in [-0.2, -0.15) is 0 Å². The largest absolute Gasteiger partial charge is 0.208 e. The van der Waals surface area contributed by atoms with Crippen molar-refractivity contribution in [2.75, 3.05) is 0 Å². The van der Waals surface area contributed by atoms with Crippen LogP contribution in [0.2, 0.25) is 0 Å². The van der Waals surface area contributed by atoms with E-state index in [0.717, 1.165) is 44.0 Å². The van der Waals surface area contributed by atoms with Crippen LogP contribution in [0.5, 0.6) is 0 Å². The van der Waals surface area contributed by atoms with E-state index in [2.05, 4.69) is 212 Å². The fourth-order valence-corrected chi connectivity index (χ4v) is 8.43. The summed E-state index contributed by atoms with van der Waals surface area (Å²) in [7, 11) is 0. The molecule has 10 aromatic carbocycles. The van der Waals surface area contributed by atoms with Crippen molar-refractivity contribution in [1.82, 2.24) is 15.0 Å². The molecule has 1 aromatic heterocycles. The topological polar surface area (TPSA) is 38.7 Å². The minimum atomic E-state index is 0.629. The Bertz CT molecular complexity index is 3340. The first-order chi connectivity index (χ1) is 28.7. The van der Waals surface area contributed by atoms with Gasteiger partial charge in [-0.05, 0) is 94.7 Å². The van der Waals surface area contributed by atoms with Gasteiger partial charge in [-0.25, -0.2) is 15.0 Å². The smallest absolute Gasteiger partial charge is 0.164 e. The lowest BCUT2D eigenvalue weighted by molar-refractivity contribution is 1.08. The number of rotatable bonds is 6. The van der Waals surface area contributed by atoms with Crippen molar-refractivity contribution in [3.63, 3.8) is 0 Å². The van der Waals surface area contributed by atoms with Crippen LogP contribution in [0.25, 0.3) is 111 Å². The molecule has 0 radical (unpaired) electrons. The SMILES string of the molecule is c1cc(-c2ccc(-c3cccc4ccccc34)cc2)cc(-c2nc(-c3ccc4ccccc4c3)nc(-c3ccc(-c4cccc5ccccc45)c4ccccc34)n2)c1. The zero-order valence-electron chi connectivity index (χ0n) is 31.5. The molecule has 1 heterocycles. The molecule has 0 aliphatic rings. The molecule has 0 bridgehead atoms. The molecule has 3 heteroatoms. The normalized spacial score (nSPS) is 11.4. The molecular weight excluding hydrogens is 703 g/mol.